The zero-order valence-electron chi connectivity index (χ0n) is 12.0. The van der Waals surface area contributed by atoms with Crippen molar-refractivity contribution in [3.63, 3.8) is 0 Å². The number of pyridine rings is 1. The molecule has 0 aliphatic rings. The van der Waals surface area contributed by atoms with Gasteiger partial charge in [-0.15, -0.1) is 0 Å². The number of nitrogens with one attached hydrogen (secondary N) is 2. The summed E-state index contributed by atoms with van der Waals surface area (Å²) in [5.41, 5.74) is 1.82. The quantitative estimate of drug-likeness (QED) is 0.911. The molecule has 1 atom stereocenters. The van der Waals surface area contributed by atoms with E-state index in [9.17, 15) is 9.18 Å². The highest BCUT2D eigenvalue weighted by Gasteiger charge is 2.13. The van der Waals surface area contributed by atoms with E-state index in [-0.39, 0.29) is 0 Å². The van der Waals surface area contributed by atoms with Gasteiger partial charge in [-0.1, -0.05) is 12.1 Å². The molecule has 0 spiro atoms. The van der Waals surface area contributed by atoms with Crippen LogP contribution in [0.3, 0.4) is 0 Å². The number of hydrogen-bond donors (Lipinski definition) is 2. The summed E-state index contributed by atoms with van der Waals surface area (Å²) in [4.78, 5) is 15.5. The lowest BCUT2D eigenvalue weighted by atomic mass is 10.1. The normalized spacial score (nSPS) is 11.3. The molecule has 0 aliphatic heterocycles. The van der Waals surface area contributed by atoms with Crippen molar-refractivity contribution in [3.05, 3.63) is 65.2 Å². The molecule has 0 unspecified atom stereocenters. The average molecular weight is 298 g/mol. The molecular weight excluding hydrogens is 283 g/mol. The number of nitriles is 1. The molecule has 6 heteroatoms. The van der Waals surface area contributed by atoms with Crippen molar-refractivity contribution in [3.8, 4) is 6.07 Å². The van der Waals surface area contributed by atoms with Gasteiger partial charge in [-0.25, -0.2) is 9.18 Å². The first-order valence-corrected chi connectivity index (χ1v) is 6.73. The van der Waals surface area contributed by atoms with Gasteiger partial charge in [0.1, 0.15) is 5.82 Å². The Labute approximate surface area is 127 Å². The van der Waals surface area contributed by atoms with E-state index >= 15 is 0 Å². The molecule has 0 radical (unpaired) electrons. The Hall–Kier alpha value is -2.94. The Morgan fingerprint density at radius 3 is 2.73 bits per heavy atom. The molecule has 0 bridgehead atoms. The number of benzene rings is 1. The van der Waals surface area contributed by atoms with Crippen molar-refractivity contribution in [2.45, 2.75) is 19.5 Å². The summed E-state index contributed by atoms with van der Waals surface area (Å²) in [7, 11) is 0. The molecule has 22 heavy (non-hydrogen) atoms. The maximum atomic E-state index is 13.6. The van der Waals surface area contributed by atoms with Gasteiger partial charge in [0.05, 0.1) is 23.9 Å². The van der Waals surface area contributed by atoms with Crippen LogP contribution in [-0.2, 0) is 6.54 Å². The van der Waals surface area contributed by atoms with E-state index < -0.39 is 17.9 Å². The average Bonchev–Trinajstić information content (AvgIpc) is 2.53. The number of aromatic nitrogens is 1. The molecule has 2 aromatic rings. The van der Waals surface area contributed by atoms with Gasteiger partial charge in [-0.05, 0) is 30.7 Å². The van der Waals surface area contributed by atoms with Gasteiger partial charge >= 0.3 is 6.03 Å². The zero-order chi connectivity index (χ0) is 15.9. The summed E-state index contributed by atoms with van der Waals surface area (Å²) in [6, 6.07) is 9.60. The van der Waals surface area contributed by atoms with Gasteiger partial charge in [0, 0.05) is 18.3 Å². The summed E-state index contributed by atoms with van der Waals surface area (Å²) in [6.45, 7) is 2.02. The highest BCUT2D eigenvalue weighted by Crippen LogP contribution is 2.14. The molecule has 1 aromatic heterocycles. The summed E-state index contributed by atoms with van der Waals surface area (Å²) in [5, 5.41) is 14.1. The molecule has 0 fully saturated rings. The highest BCUT2D eigenvalue weighted by atomic mass is 19.1. The predicted octanol–water partition coefficient (Wildman–Crippen LogP) is 2.65. The summed E-state index contributed by atoms with van der Waals surface area (Å²) in [6.07, 6.45) is 2.59. The minimum absolute atomic E-state index is 0.323. The lowest BCUT2D eigenvalue weighted by molar-refractivity contribution is 0.237. The number of rotatable bonds is 4. The van der Waals surface area contributed by atoms with Crippen LogP contribution in [0.1, 0.15) is 29.7 Å². The maximum Gasteiger partial charge on any atom is 0.315 e. The van der Waals surface area contributed by atoms with E-state index in [0.29, 0.717) is 17.7 Å². The van der Waals surface area contributed by atoms with Crippen LogP contribution in [0.25, 0.3) is 0 Å². The number of urea groups is 1. The Balaban J connectivity index is 1.87. The fourth-order valence-corrected chi connectivity index (χ4v) is 1.94. The number of halogens is 1. The second-order valence-corrected chi connectivity index (χ2v) is 4.75. The predicted molar refractivity (Wildman–Crippen MR) is 79.1 cm³/mol. The van der Waals surface area contributed by atoms with Gasteiger partial charge in [0.25, 0.3) is 0 Å². The molecule has 1 heterocycles. The zero-order valence-corrected chi connectivity index (χ0v) is 12.0. The Kier molecular flexibility index (Phi) is 5.04. The second-order valence-electron chi connectivity index (χ2n) is 4.75. The topological polar surface area (TPSA) is 77.8 Å². The van der Waals surface area contributed by atoms with Gasteiger partial charge in [0.15, 0.2) is 0 Å². The Morgan fingerprint density at radius 2 is 2.09 bits per heavy atom. The van der Waals surface area contributed by atoms with Gasteiger partial charge < -0.3 is 10.6 Å². The number of nitrogens with zero attached hydrogens (tertiary/aromatic N) is 2. The Morgan fingerprint density at radius 1 is 1.36 bits per heavy atom. The molecule has 2 N–H and O–H groups in total. The van der Waals surface area contributed by atoms with Crippen molar-refractivity contribution in [2.24, 2.45) is 0 Å². The SMILES string of the molecule is C[C@@H](NC(=O)NCc1ccc(C#N)cc1)c1ccncc1F. The molecule has 0 saturated heterocycles. The van der Waals surface area contributed by atoms with E-state index in [1.807, 2.05) is 6.07 Å². The molecule has 2 amide bonds. The number of amides is 2. The lowest BCUT2D eigenvalue weighted by Gasteiger charge is -2.15. The highest BCUT2D eigenvalue weighted by molar-refractivity contribution is 5.74. The van der Waals surface area contributed by atoms with E-state index in [0.717, 1.165) is 11.8 Å². The van der Waals surface area contributed by atoms with Crippen molar-refractivity contribution in [2.75, 3.05) is 0 Å². The molecule has 112 valence electrons. The standard InChI is InChI=1S/C16H15FN4O/c1-11(14-6-7-19-10-15(14)17)21-16(22)20-9-13-4-2-12(8-18)3-5-13/h2-7,10-11H,9H2,1H3,(H2,20,21,22)/t11-/m1/s1. The van der Waals surface area contributed by atoms with Crippen molar-refractivity contribution >= 4 is 6.03 Å². The Bertz CT molecular complexity index is 694. The summed E-state index contributed by atoms with van der Waals surface area (Å²) in [5.74, 6) is -0.456. The van der Waals surface area contributed by atoms with Crippen LogP contribution in [0.15, 0.2) is 42.7 Å². The third-order valence-corrected chi connectivity index (χ3v) is 3.15. The fraction of sp³-hybridized carbons (Fsp3) is 0.188. The molecule has 2 rings (SSSR count). The van der Waals surface area contributed by atoms with Gasteiger partial charge in [-0.3, -0.25) is 4.98 Å². The van der Waals surface area contributed by atoms with Crippen LogP contribution in [0.5, 0.6) is 0 Å². The first-order chi connectivity index (χ1) is 10.6. The van der Waals surface area contributed by atoms with Crippen LogP contribution in [0.4, 0.5) is 9.18 Å². The van der Waals surface area contributed by atoms with Crippen LogP contribution < -0.4 is 10.6 Å². The minimum atomic E-state index is -0.469. The van der Waals surface area contributed by atoms with E-state index in [4.69, 9.17) is 5.26 Å². The van der Waals surface area contributed by atoms with Crippen LogP contribution in [0, 0.1) is 17.1 Å². The third-order valence-electron chi connectivity index (χ3n) is 3.15. The monoisotopic (exact) mass is 298 g/mol. The molecule has 0 saturated carbocycles. The largest absolute Gasteiger partial charge is 0.334 e. The third kappa shape index (κ3) is 4.03. The second kappa shape index (κ2) is 7.18. The minimum Gasteiger partial charge on any atom is -0.334 e. The lowest BCUT2D eigenvalue weighted by Crippen LogP contribution is -2.36. The van der Waals surface area contributed by atoms with Crippen LogP contribution in [-0.4, -0.2) is 11.0 Å². The summed E-state index contributed by atoms with van der Waals surface area (Å²) < 4.78 is 13.6. The van der Waals surface area contributed by atoms with Crippen LogP contribution in [0.2, 0.25) is 0 Å². The van der Waals surface area contributed by atoms with E-state index in [1.165, 1.54) is 12.3 Å². The maximum absolute atomic E-state index is 13.6. The van der Waals surface area contributed by atoms with Gasteiger partial charge in [0.2, 0.25) is 0 Å². The van der Waals surface area contributed by atoms with Crippen molar-refractivity contribution in [1.82, 2.24) is 15.6 Å². The molecule has 0 aliphatic carbocycles. The van der Waals surface area contributed by atoms with Crippen molar-refractivity contribution < 1.29 is 9.18 Å². The fourth-order valence-electron chi connectivity index (χ4n) is 1.94. The van der Waals surface area contributed by atoms with Gasteiger partial charge in [-0.2, -0.15) is 5.26 Å². The molecule has 1 aromatic carbocycles. The molecular formula is C16H15FN4O. The first kappa shape index (κ1) is 15.4. The van der Waals surface area contributed by atoms with Crippen molar-refractivity contribution in [1.29, 1.82) is 5.26 Å². The number of carbonyl (C=O) groups excluding carboxylic acids is 1. The number of carbonyl (C=O) groups is 1. The molecule has 5 nitrogen and oxygen atoms in total. The van der Waals surface area contributed by atoms with E-state index in [1.54, 1.807) is 31.2 Å². The first-order valence-electron chi connectivity index (χ1n) is 6.73. The van der Waals surface area contributed by atoms with E-state index in [2.05, 4.69) is 15.6 Å². The summed E-state index contributed by atoms with van der Waals surface area (Å²) >= 11 is 0. The number of hydrogen-bond acceptors (Lipinski definition) is 3. The smallest absolute Gasteiger partial charge is 0.315 e. The van der Waals surface area contributed by atoms with Crippen LogP contribution >= 0.6 is 0 Å².